The molecule has 0 fully saturated rings. The molecular weight excluding hydrogens is 385 g/mol. The number of hydrogen-bond acceptors (Lipinski definition) is 1. The number of hydrogen-bond donors (Lipinski definition) is 1. The molecule has 1 N–H and O–H groups in total. The Balaban J connectivity index is 2.55. The Hall–Kier alpha value is -0.710. The van der Waals surface area contributed by atoms with Crippen molar-refractivity contribution in [1.29, 1.82) is 0 Å². The molecule has 2 rings (SSSR count). The molecule has 106 valence electrons. The molecule has 2 aromatic carbocycles. The van der Waals surface area contributed by atoms with Gasteiger partial charge >= 0.3 is 0 Å². The van der Waals surface area contributed by atoms with Crippen LogP contribution in [0.25, 0.3) is 0 Å². The van der Waals surface area contributed by atoms with Crippen molar-refractivity contribution in [2.24, 2.45) is 0 Å². The van der Waals surface area contributed by atoms with Crippen molar-refractivity contribution in [3.63, 3.8) is 0 Å². The predicted molar refractivity (Wildman–Crippen MR) is 88.6 cm³/mol. The fourth-order valence-corrected chi connectivity index (χ4v) is 3.30. The quantitative estimate of drug-likeness (QED) is 0.739. The van der Waals surface area contributed by atoms with Crippen LogP contribution in [0, 0.1) is 19.7 Å². The lowest BCUT2D eigenvalue weighted by Gasteiger charge is -2.21. The van der Waals surface area contributed by atoms with Gasteiger partial charge in [-0.2, -0.15) is 0 Å². The van der Waals surface area contributed by atoms with E-state index in [1.165, 1.54) is 17.2 Å². The third kappa shape index (κ3) is 3.30. The summed E-state index contributed by atoms with van der Waals surface area (Å²) in [6, 6.07) is 9.19. The van der Waals surface area contributed by atoms with Crippen molar-refractivity contribution in [3.8, 4) is 0 Å². The first-order chi connectivity index (χ1) is 9.42. The summed E-state index contributed by atoms with van der Waals surface area (Å²) in [6.45, 7) is 4.12. The number of halogens is 3. The molecule has 1 unspecified atom stereocenters. The van der Waals surface area contributed by atoms with Crippen molar-refractivity contribution in [3.05, 3.63) is 67.3 Å². The zero-order valence-corrected chi connectivity index (χ0v) is 14.8. The van der Waals surface area contributed by atoms with Crippen LogP contribution in [0.15, 0.2) is 39.3 Å². The van der Waals surface area contributed by atoms with E-state index in [0.29, 0.717) is 0 Å². The first kappa shape index (κ1) is 15.7. The highest BCUT2D eigenvalue weighted by Gasteiger charge is 2.16. The van der Waals surface area contributed by atoms with Crippen LogP contribution in [0.2, 0.25) is 0 Å². The van der Waals surface area contributed by atoms with Crippen molar-refractivity contribution in [1.82, 2.24) is 5.32 Å². The van der Waals surface area contributed by atoms with Gasteiger partial charge in [0.05, 0.1) is 6.04 Å². The van der Waals surface area contributed by atoms with E-state index in [4.69, 9.17) is 0 Å². The molecule has 0 aromatic heterocycles. The van der Waals surface area contributed by atoms with Gasteiger partial charge in [-0.15, -0.1) is 0 Å². The summed E-state index contributed by atoms with van der Waals surface area (Å²) in [6.07, 6.45) is 0. The van der Waals surface area contributed by atoms with Gasteiger partial charge in [-0.05, 0) is 67.4 Å². The Labute approximate surface area is 135 Å². The molecule has 2 aromatic rings. The monoisotopic (exact) mass is 399 g/mol. The molecule has 0 saturated carbocycles. The van der Waals surface area contributed by atoms with E-state index in [9.17, 15) is 4.39 Å². The Morgan fingerprint density at radius 1 is 1.00 bits per heavy atom. The fourth-order valence-electron chi connectivity index (χ4n) is 2.36. The molecular formula is C16H16Br2FN. The summed E-state index contributed by atoms with van der Waals surface area (Å²) in [5, 5.41) is 3.27. The molecule has 0 heterocycles. The lowest BCUT2D eigenvalue weighted by Crippen LogP contribution is -2.19. The van der Waals surface area contributed by atoms with Gasteiger partial charge < -0.3 is 5.32 Å². The fraction of sp³-hybridized carbons (Fsp3) is 0.250. The van der Waals surface area contributed by atoms with Crippen LogP contribution in [0.1, 0.15) is 28.3 Å². The van der Waals surface area contributed by atoms with Gasteiger partial charge in [0.25, 0.3) is 0 Å². The van der Waals surface area contributed by atoms with E-state index < -0.39 is 0 Å². The Morgan fingerprint density at radius 3 is 2.30 bits per heavy atom. The second kappa shape index (κ2) is 6.37. The molecule has 0 bridgehead atoms. The molecule has 0 saturated heterocycles. The van der Waals surface area contributed by atoms with E-state index in [-0.39, 0.29) is 11.9 Å². The highest BCUT2D eigenvalue weighted by Crippen LogP contribution is 2.30. The number of benzene rings is 2. The van der Waals surface area contributed by atoms with Gasteiger partial charge in [0.2, 0.25) is 0 Å². The molecule has 0 aliphatic rings. The molecule has 4 heteroatoms. The van der Waals surface area contributed by atoms with Crippen LogP contribution in [-0.4, -0.2) is 7.05 Å². The molecule has 0 aliphatic heterocycles. The van der Waals surface area contributed by atoms with Crippen molar-refractivity contribution >= 4 is 31.9 Å². The second-order valence-corrected chi connectivity index (χ2v) is 6.65. The molecule has 0 aliphatic carbocycles. The molecule has 0 amide bonds. The zero-order chi connectivity index (χ0) is 14.9. The topological polar surface area (TPSA) is 12.0 Å². The molecule has 1 nitrogen and oxygen atoms in total. The standard InChI is InChI=1S/C16H16Br2FN/c1-9-5-15(18)10(2)4-14(9)16(20-3)11-6-12(17)8-13(19)7-11/h4-8,16,20H,1-3H3. The van der Waals surface area contributed by atoms with E-state index in [1.807, 2.05) is 13.1 Å². The first-order valence-electron chi connectivity index (χ1n) is 6.32. The summed E-state index contributed by atoms with van der Waals surface area (Å²) in [5.74, 6) is -0.235. The van der Waals surface area contributed by atoms with Crippen LogP contribution >= 0.6 is 31.9 Å². The van der Waals surface area contributed by atoms with Gasteiger partial charge in [-0.25, -0.2) is 4.39 Å². The number of nitrogens with one attached hydrogen (secondary N) is 1. The van der Waals surface area contributed by atoms with E-state index in [1.54, 1.807) is 6.07 Å². The second-order valence-electron chi connectivity index (χ2n) is 4.88. The minimum absolute atomic E-state index is 0.0335. The van der Waals surface area contributed by atoms with Crippen molar-refractivity contribution in [2.45, 2.75) is 19.9 Å². The zero-order valence-electron chi connectivity index (χ0n) is 11.6. The summed E-state index contributed by atoms with van der Waals surface area (Å²) < 4.78 is 15.5. The Bertz CT molecular complexity index is 620. The van der Waals surface area contributed by atoms with Crippen LogP contribution in [0.3, 0.4) is 0 Å². The number of rotatable bonds is 3. The van der Waals surface area contributed by atoms with Crippen LogP contribution < -0.4 is 5.32 Å². The third-order valence-corrected chi connectivity index (χ3v) is 4.68. The van der Waals surface area contributed by atoms with Gasteiger partial charge in [0.1, 0.15) is 5.82 Å². The average Bonchev–Trinajstić information content (AvgIpc) is 2.35. The lowest BCUT2D eigenvalue weighted by atomic mass is 9.93. The maximum absolute atomic E-state index is 13.6. The maximum atomic E-state index is 13.6. The van der Waals surface area contributed by atoms with Gasteiger partial charge in [-0.1, -0.05) is 37.9 Å². The van der Waals surface area contributed by atoms with Crippen molar-refractivity contribution in [2.75, 3.05) is 7.05 Å². The van der Waals surface area contributed by atoms with Crippen LogP contribution in [-0.2, 0) is 0 Å². The highest BCUT2D eigenvalue weighted by molar-refractivity contribution is 9.10. The SMILES string of the molecule is CNC(c1cc(F)cc(Br)c1)c1cc(C)c(Br)cc1C. The summed E-state index contributed by atoms with van der Waals surface area (Å²) in [7, 11) is 1.89. The van der Waals surface area contributed by atoms with Gasteiger partial charge in [0.15, 0.2) is 0 Å². The summed E-state index contributed by atoms with van der Waals surface area (Å²) in [5.41, 5.74) is 4.40. The summed E-state index contributed by atoms with van der Waals surface area (Å²) >= 11 is 6.90. The lowest BCUT2D eigenvalue weighted by molar-refractivity contribution is 0.615. The minimum atomic E-state index is -0.235. The Kier molecular flexibility index (Phi) is 4.99. The molecule has 0 spiro atoms. The largest absolute Gasteiger partial charge is 0.309 e. The Morgan fingerprint density at radius 2 is 1.70 bits per heavy atom. The van der Waals surface area contributed by atoms with Gasteiger partial charge in [0, 0.05) is 8.95 Å². The maximum Gasteiger partial charge on any atom is 0.124 e. The van der Waals surface area contributed by atoms with Crippen LogP contribution in [0.4, 0.5) is 4.39 Å². The molecule has 1 atom stereocenters. The smallest absolute Gasteiger partial charge is 0.124 e. The first-order valence-corrected chi connectivity index (χ1v) is 7.91. The number of aryl methyl sites for hydroxylation is 2. The van der Waals surface area contributed by atoms with E-state index >= 15 is 0 Å². The molecule has 0 radical (unpaired) electrons. The predicted octanol–water partition coefficient (Wildman–Crippen LogP) is 5.28. The van der Waals surface area contributed by atoms with Gasteiger partial charge in [-0.3, -0.25) is 0 Å². The van der Waals surface area contributed by atoms with Crippen molar-refractivity contribution < 1.29 is 4.39 Å². The highest BCUT2D eigenvalue weighted by atomic mass is 79.9. The third-order valence-electron chi connectivity index (χ3n) is 3.37. The minimum Gasteiger partial charge on any atom is -0.309 e. The summed E-state index contributed by atoms with van der Waals surface area (Å²) in [4.78, 5) is 0. The normalized spacial score (nSPS) is 12.5. The molecule has 20 heavy (non-hydrogen) atoms. The van der Waals surface area contributed by atoms with Crippen LogP contribution in [0.5, 0.6) is 0 Å². The average molecular weight is 401 g/mol. The van der Waals surface area contributed by atoms with E-state index in [0.717, 1.165) is 20.1 Å². The van der Waals surface area contributed by atoms with E-state index in [2.05, 4.69) is 63.2 Å².